The summed E-state index contributed by atoms with van der Waals surface area (Å²) in [6.07, 6.45) is 6.37. The molecule has 0 aliphatic heterocycles. The average molecular weight is 633 g/mol. The van der Waals surface area contributed by atoms with Gasteiger partial charge in [0, 0.05) is 0 Å². The Morgan fingerprint density at radius 3 is 0.886 bits per heavy atom. The van der Waals surface area contributed by atoms with Gasteiger partial charge in [0.15, 0.2) is 0 Å². The van der Waals surface area contributed by atoms with Crippen LogP contribution in [0.4, 0.5) is 0 Å². The molecule has 264 valence electrons. The molecule has 0 aliphatic rings. The van der Waals surface area contributed by atoms with E-state index in [0.717, 1.165) is 51.4 Å². The summed E-state index contributed by atoms with van der Waals surface area (Å²) < 4.78 is 0. The van der Waals surface area contributed by atoms with Crippen LogP contribution in [-0.2, 0) is 19.2 Å². The van der Waals surface area contributed by atoms with Crippen LogP contribution in [0.5, 0.6) is 0 Å². The third-order valence-electron chi connectivity index (χ3n) is 10.7. The summed E-state index contributed by atoms with van der Waals surface area (Å²) in [6.45, 7) is 31.1. The molecule has 0 aromatic heterocycles. The van der Waals surface area contributed by atoms with E-state index in [1.165, 1.54) is 0 Å². The maximum Gasteiger partial charge on any atom is 0.309 e. The maximum atomic E-state index is 10.9. The van der Waals surface area contributed by atoms with Crippen LogP contribution in [0.2, 0.25) is 0 Å². The number of hydrogen-bond donors (Lipinski definition) is 4. The normalized spacial score (nSPS) is 13.2. The molecule has 8 nitrogen and oxygen atoms in total. The van der Waals surface area contributed by atoms with Crippen molar-refractivity contribution in [3.05, 3.63) is 0 Å². The zero-order valence-electron chi connectivity index (χ0n) is 31.4. The topological polar surface area (TPSA) is 149 Å². The number of carboxylic acids is 4. The molecule has 0 fully saturated rings. The minimum atomic E-state index is -0.692. The Morgan fingerprint density at radius 1 is 0.477 bits per heavy atom. The van der Waals surface area contributed by atoms with E-state index < -0.39 is 45.5 Å². The monoisotopic (exact) mass is 633 g/mol. The van der Waals surface area contributed by atoms with Crippen molar-refractivity contribution in [2.75, 3.05) is 0 Å². The Bertz CT molecular complexity index is 771. The van der Waals surface area contributed by atoms with Crippen LogP contribution in [0.15, 0.2) is 0 Å². The molecule has 0 aromatic carbocycles. The molecule has 0 spiro atoms. The van der Waals surface area contributed by atoms with Crippen LogP contribution in [0, 0.1) is 45.3 Å². The van der Waals surface area contributed by atoms with Crippen molar-refractivity contribution < 1.29 is 39.6 Å². The van der Waals surface area contributed by atoms with E-state index in [1.807, 2.05) is 111 Å². The highest BCUT2D eigenvalue weighted by atomic mass is 16.4. The van der Waals surface area contributed by atoms with Crippen LogP contribution in [-0.4, -0.2) is 44.3 Å². The molecule has 1 unspecified atom stereocenters. The minimum absolute atomic E-state index is 0.181. The Hall–Kier alpha value is -2.12. The van der Waals surface area contributed by atoms with Gasteiger partial charge < -0.3 is 20.4 Å². The van der Waals surface area contributed by atoms with Crippen LogP contribution in [0.1, 0.15) is 162 Å². The van der Waals surface area contributed by atoms with Gasteiger partial charge in [0.2, 0.25) is 0 Å². The van der Waals surface area contributed by atoms with Gasteiger partial charge in [0.05, 0.1) is 21.7 Å². The fourth-order valence-electron chi connectivity index (χ4n) is 5.43. The van der Waals surface area contributed by atoms with E-state index in [2.05, 4.69) is 0 Å². The van der Waals surface area contributed by atoms with Gasteiger partial charge in [-0.1, -0.05) is 110 Å². The van der Waals surface area contributed by atoms with Crippen molar-refractivity contribution in [3.63, 3.8) is 0 Å². The number of hydrogen-bond acceptors (Lipinski definition) is 4. The van der Waals surface area contributed by atoms with Crippen molar-refractivity contribution in [1.29, 1.82) is 0 Å². The maximum absolute atomic E-state index is 10.9. The predicted octanol–water partition coefficient (Wildman–Crippen LogP) is 10.1. The fourth-order valence-corrected chi connectivity index (χ4v) is 5.43. The first kappa shape index (κ1) is 48.8. The van der Waals surface area contributed by atoms with Gasteiger partial charge in [0.25, 0.3) is 0 Å². The van der Waals surface area contributed by atoms with Crippen LogP contribution < -0.4 is 0 Å². The summed E-state index contributed by atoms with van der Waals surface area (Å²) in [7, 11) is 0. The van der Waals surface area contributed by atoms with Gasteiger partial charge in [-0.25, -0.2) is 0 Å². The lowest BCUT2D eigenvalue weighted by Crippen LogP contribution is -2.38. The molecule has 0 heterocycles. The van der Waals surface area contributed by atoms with Crippen LogP contribution >= 0.6 is 0 Å². The van der Waals surface area contributed by atoms with E-state index >= 15 is 0 Å². The molecule has 0 aliphatic carbocycles. The summed E-state index contributed by atoms with van der Waals surface area (Å²) in [6, 6.07) is 0. The number of rotatable bonds is 16. The lowest BCUT2D eigenvalue weighted by atomic mass is 9.71. The zero-order chi connectivity index (χ0) is 36.3. The first-order valence-corrected chi connectivity index (χ1v) is 16.8. The molecule has 1 atom stereocenters. The molecule has 0 radical (unpaired) electrons. The molecule has 8 heteroatoms. The summed E-state index contributed by atoms with van der Waals surface area (Å²) in [5.74, 6) is -1.87. The second-order valence-electron chi connectivity index (χ2n) is 13.9. The molecule has 0 amide bonds. The van der Waals surface area contributed by atoms with E-state index in [-0.39, 0.29) is 23.7 Å². The second-order valence-corrected chi connectivity index (χ2v) is 13.9. The van der Waals surface area contributed by atoms with Gasteiger partial charge in [-0.3, -0.25) is 19.2 Å². The quantitative estimate of drug-likeness (QED) is 0.131. The summed E-state index contributed by atoms with van der Waals surface area (Å²) in [4.78, 5) is 43.6. The highest BCUT2D eigenvalue weighted by molar-refractivity contribution is 5.75. The Morgan fingerprint density at radius 2 is 0.841 bits per heavy atom. The number of carbonyl (C=O) groups is 4. The van der Waals surface area contributed by atoms with Gasteiger partial charge in [0.1, 0.15) is 0 Å². The molecule has 0 saturated heterocycles. The van der Waals surface area contributed by atoms with Gasteiger partial charge in [-0.15, -0.1) is 0 Å². The van der Waals surface area contributed by atoms with Crippen LogP contribution in [0.25, 0.3) is 0 Å². The SMILES string of the molecule is CC(C)C(C)(C(=O)O)C(C)C.CCC(CC)(C(=O)O)C(C)C.CCCC(C)(C(=O)O)C(C)C.CCCC(CC)(CC)C(=O)O. The van der Waals surface area contributed by atoms with Crippen molar-refractivity contribution in [3.8, 4) is 0 Å². The third kappa shape index (κ3) is 13.9. The molecular formula is C36H72O8. The molecule has 4 N–H and O–H groups in total. The van der Waals surface area contributed by atoms with E-state index in [1.54, 1.807) is 0 Å². The Balaban J connectivity index is -0.000000242. The largest absolute Gasteiger partial charge is 0.481 e. The van der Waals surface area contributed by atoms with Crippen molar-refractivity contribution in [2.24, 2.45) is 45.3 Å². The molecule has 0 rings (SSSR count). The average Bonchev–Trinajstić information content (AvgIpc) is 2.92. The summed E-state index contributed by atoms with van der Waals surface area (Å²) >= 11 is 0. The van der Waals surface area contributed by atoms with Crippen molar-refractivity contribution in [2.45, 2.75) is 162 Å². The highest BCUT2D eigenvalue weighted by Crippen LogP contribution is 2.36. The van der Waals surface area contributed by atoms with Gasteiger partial charge in [-0.2, -0.15) is 0 Å². The Kier molecular flexibility index (Phi) is 24.8. The molecule has 0 aromatic rings. The predicted molar refractivity (Wildman–Crippen MR) is 182 cm³/mol. The van der Waals surface area contributed by atoms with Crippen molar-refractivity contribution in [1.82, 2.24) is 0 Å². The van der Waals surface area contributed by atoms with Crippen LogP contribution in [0.3, 0.4) is 0 Å². The zero-order valence-corrected chi connectivity index (χ0v) is 31.4. The third-order valence-corrected chi connectivity index (χ3v) is 10.7. The Labute approximate surface area is 270 Å². The van der Waals surface area contributed by atoms with E-state index in [0.29, 0.717) is 0 Å². The molecular weight excluding hydrogens is 560 g/mol. The minimum Gasteiger partial charge on any atom is -0.481 e. The molecule has 0 bridgehead atoms. The summed E-state index contributed by atoms with van der Waals surface area (Å²) in [5.41, 5.74) is -2.07. The smallest absolute Gasteiger partial charge is 0.309 e. The highest BCUT2D eigenvalue weighted by Gasteiger charge is 2.40. The number of aliphatic carboxylic acids is 4. The van der Waals surface area contributed by atoms with Crippen molar-refractivity contribution >= 4 is 23.9 Å². The fraction of sp³-hybridized carbons (Fsp3) is 0.889. The second kappa shape index (κ2) is 22.4. The summed E-state index contributed by atoms with van der Waals surface area (Å²) in [5, 5.41) is 35.9. The molecule has 0 saturated carbocycles. The van der Waals surface area contributed by atoms with E-state index in [9.17, 15) is 19.2 Å². The lowest BCUT2D eigenvalue weighted by molar-refractivity contribution is -0.154. The number of carboxylic acid groups (broad SMARTS) is 4. The van der Waals surface area contributed by atoms with E-state index in [4.69, 9.17) is 20.4 Å². The molecule has 44 heavy (non-hydrogen) atoms. The van der Waals surface area contributed by atoms with Gasteiger partial charge in [-0.05, 0) is 76.0 Å². The van der Waals surface area contributed by atoms with Gasteiger partial charge >= 0.3 is 23.9 Å². The standard InChI is InChI=1S/4C9H18O2/c1-6(2)9(5,7(3)4)8(10)11;1-5-6-9(4,7(2)3)8(10)11;1-5-9(6-2,7(3)4)8(10)11;1-4-7-9(5-2,6-3)8(10)11/h6-7H,1-5H3,(H,10,11);2*7H,5-6H2,1-4H3,(H,10,11);4-7H2,1-3H3,(H,10,11). The lowest BCUT2D eigenvalue weighted by Gasteiger charge is -2.32. The first-order valence-electron chi connectivity index (χ1n) is 16.8. The first-order chi connectivity index (χ1) is 19.9.